The summed E-state index contributed by atoms with van der Waals surface area (Å²) >= 11 is 0. The molecule has 0 bridgehead atoms. The summed E-state index contributed by atoms with van der Waals surface area (Å²) in [5.74, 6) is 0. The van der Waals surface area contributed by atoms with Gasteiger partial charge in [0.15, 0.2) is 0 Å². The maximum Gasteiger partial charge on any atom is 0.0278 e. The average Bonchev–Trinajstić information content (AvgIpc) is 2.29. The number of nitrogens with zero attached hydrogens (tertiary/aromatic N) is 2. The Morgan fingerprint density at radius 3 is 2.47 bits per heavy atom. The van der Waals surface area contributed by atoms with Crippen LogP contribution >= 0.6 is 0 Å². The Bertz CT molecular complexity index is 198. The number of rotatable bonds is 7. The number of piperazine rings is 1. The molecule has 1 fully saturated rings. The molecule has 0 amide bonds. The number of hydrogen-bond donors (Lipinski definition) is 2. The quantitative estimate of drug-likeness (QED) is 0.625. The van der Waals surface area contributed by atoms with E-state index >= 15 is 0 Å². The van der Waals surface area contributed by atoms with Crippen molar-refractivity contribution in [1.82, 2.24) is 20.4 Å². The van der Waals surface area contributed by atoms with Gasteiger partial charge < -0.3 is 15.5 Å². The Morgan fingerprint density at radius 1 is 1.24 bits per heavy atom. The second-order valence-electron chi connectivity index (χ2n) is 5.88. The van der Waals surface area contributed by atoms with Crippen molar-refractivity contribution in [3.8, 4) is 0 Å². The summed E-state index contributed by atoms with van der Waals surface area (Å²) in [5, 5.41) is 7.00. The molecule has 0 aromatic carbocycles. The van der Waals surface area contributed by atoms with Crippen LogP contribution in [0.1, 0.15) is 20.3 Å². The largest absolute Gasteiger partial charge is 0.315 e. The Balaban J connectivity index is 2.15. The monoisotopic (exact) mass is 242 g/mol. The fraction of sp³-hybridized carbons (Fsp3) is 1.00. The minimum atomic E-state index is 0.278. The first kappa shape index (κ1) is 14.9. The normalized spacial score (nSPS) is 18.9. The van der Waals surface area contributed by atoms with Gasteiger partial charge in [0.25, 0.3) is 0 Å². The zero-order valence-electron chi connectivity index (χ0n) is 12.1. The minimum Gasteiger partial charge on any atom is -0.315 e. The SMILES string of the molecule is CN(C)CCCNCC(C)(C)N1CCNCC1. The molecule has 2 N–H and O–H groups in total. The van der Waals surface area contributed by atoms with Crippen molar-refractivity contribution in [2.24, 2.45) is 0 Å². The van der Waals surface area contributed by atoms with Crippen LogP contribution in [0.4, 0.5) is 0 Å². The Morgan fingerprint density at radius 2 is 1.88 bits per heavy atom. The van der Waals surface area contributed by atoms with Gasteiger partial charge in [-0.2, -0.15) is 0 Å². The zero-order valence-corrected chi connectivity index (χ0v) is 12.1. The van der Waals surface area contributed by atoms with Crippen LogP contribution in [0.15, 0.2) is 0 Å². The number of nitrogens with one attached hydrogen (secondary N) is 2. The van der Waals surface area contributed by atoms with Crippen molar-refractivity contribution in [3.05, 3.63) is 0 Å². The zero-order chi connectivity index (χ0) is 12.7. The molecule has 17 heavy (non-hydrogen) atoms. The minimum absolute atomic E-state index is 0.278. The van der Waals surface area contributed by atoms with E-state index in [2.05, 4.69) is 48.4 Å². The predicted octanol–water partition coefficient (Wildman–Crippen LogP) is 0.212. The van der Waals surface area contributed by atoms with Gasteiger partial charge in [0.05, 0.1) is 0 Å². The average molecular weight is 242 g/mol. The van der Waals surface area contributed by atoms with E-state index < -0.39 is 0 Å². The Labute approximate surface area is 107 Å². The molecule has 1 heterocycles. The highest BCUT2D eigenvalue weighted by Crippen LogP contribution is 2.13. The molecular weight excluding hydrogens is 212 g/mol. The molecule has 0 atom stereocenters. The first-order valence-electron chi connectivity index (χ1n) is 6.83. The third kappa shape index (κ3) is 5.82. The lowest BCUT2D eigenvalue weighted by Gasteiger charge is -2.41. The summed E-state index contributed by atoms with van der Waals surface area (Å²) in [6.07, 6.45) is 1.23. The first-order chi connectivity index (χ1) is 8.02. The fourth-order valence-corrected chi connectivity index (χ4v) is 2.30. The highest BCUT2D eigenvalue weighted by molar-refractivity contribution is 4.86. The third-order valence-electron chi connectivity index (χ3n) is 3.49. The van der Waals surface area contributed by atoms with Gasteiger partial charge in [0.2, 0.25) is 0 Å². The predicted molar refractivity (Wildman–Crippen MR) is 74.6 cm³/mol. The maximum atomic E-state index is 3.59. The fourth-order valence-electron chi connectivity index (χ4n) is 2.30. The van der Waals surface area contributed by atoms with Crippen molar-refractivity contribution in [1.29, 1.82) is 0 Å². The van der Waals surface area contributed by atoms with Crippen molar-refractivity contribution in [3.63, 3.8) is 0 Å². The van der Waals surface area contributed by atoms with Gasteiger partial charge in [0, 0.05) is 38.3 Å². The second-order valence-corrected chi connectivity index (χ2v) is 5.88. The van der Waals surface area contributed by atoms with Gasteiger partial charge in [-0.15, -0.1) is 0 Å². The highest BCUT2D eigenvalue weighted by Gasteiger charge is 2.26. The van der Waals surface area contributed by atoms with Crippen LogP contribution in [0.5, 0.6) is 0 Å². The maximum absolute atomic E-state index is 3.59. The van der Waals surface area contributed by atoms with Gasteiger partial charge in [-0.3, -0.25) is 4.90 Å². The summed E-state index contributed by atoms with van der Waals surface area (Å²) < 4.78 is 0. The molecule has 102 valence electrons. The van der Waals surface area contributed by atoms with Crippen LogP contribution in [0.2, 0.25) is 0 Å². The molecule has 0 aromatic heterocycles. The molecule has 0 saturated carbocycles. The molecule has 0 spiro atoms. The van der Waals surface area contributed by atoms with E-state index in [4.69, 9.17) is 0 Å². The summed E-state index contributed by atoms with van der Waals surface area (Å²) in [6, 6.07) is 0. The Hall–Kier alpha value is -0.160. The first-order valence-corrected chi connectivity index (χ1v) is 6.83. The van der Waals surface area contributed by atoms with E-state index in [1.165, 1.54) is 26.1 Å². The lowest BCUT2D eigenvalue weighted by atomic mass is 10.0. The van der Waals surface area contributed by atoms with Crippen LogP contribution in [-0.2, 0) is 0 Å². The van der Waals surface area contributed by atoms with Gasteiger partial charge in [-0.1, -0.05) is 0 Å². The highest BCUT2D eigenvalue weighted by atomic mass is 15.2. The van der Waals surface area contributed by atoms with Crippen LogP contribution in [0.3, 0.4) is 0 Å². The van der Waals surface area contributed by atoms with Crippen LogP contribution in [0, 0.1) is 0 Å². The second kappa shape index (κ2) is 7.31. The third-order valence-corrected chi connectivity index (χ3v) is 3.49. The standard InChI is InChI=1S/C13H30N4/c1-13(2,17-10-7-14-8-11-17)12-15-6-5-9-16(3)4/h14-15H,5-12H2,1-4H3. The van der Waals surface area contributed by atoms with Crippen molar-refractivity contribution >= 4 is 0 Å². The van der Waals surface area contributed by atoms with Crippen LogP contribution in [0.25, 0.3) is 0 Å². The molecule has 0 unspecified atom stereocenters. The van der Waals surface area contributed by atoms with Crippen LogP contribution in [-0.4, -0.2) is 75.2 Å². The van der Waals surface area contributed by atoms with Gasteiger partial charge in [-0.25, -0.2) is 0 Å². The van der Waals surface area contributed by atoms with E-state index in [-0.39, 0.29) is 5.54 Å². The van der Waals surface area contributed by atoms with Crippen LogP contribution < -0.4 is 10.6 Å². The van der Waals surface area contributed by atoms with E-state index in [1.807, 2.05) is 0 Å². The molecule has 4 nitrogen and oxygen atoms in total. The lowest BCUT2D eigenvalue weighted by molar-refractivity contribution is 0.102. The lowest BCUT2D eigenvalue weighted by Crippen LogP contribution is -2.57. The van der Waals surface area contributed by atoms with Gasteiger partial charge >= 0.3 is 0 Å². The number of hydrogen-bond acceptors (Lipinski definition) is 4. The smallest absolute Gasteiger partial charge is 0.0278 e. The molecule has 1 aliphatic rings. The summed E-state index contributed by atoms with van der Waals surface area (Å²) in [7, 11) is 4.26. The molecule has 0 aliphatic carbocycles. The molecule has 1 aliphatic heterocycles. The molecule has 1 saturated heterocycles. The van der Waals surface area contributed by atoms with Crippen molar-refractivity contribution in [2.45, 2.75) is 25.8 Å². The molecular formula is C13H30N4. The van der Waals surface area contributed by atoms with Gasteiger partial charge in [0.1, 0.15) is 0 Å². The van der Waals surface area contributed by atoms with Gasteiger partial charge in [-0.05, 0) is 47.5 Å². The summed E-state index contributed by atoms with van der Waals surface area (Å²) in [5.41, 5.74) is 0.278. The van der Waals surface area contributed by atoms with E-state index in [0.717, 1.165) is 26.2 Å². The molecule has 1 rings (SSSR count). The van der Waals surface area contributed by atoms with E-state index in [1.54, 1.807) is 0 Å². The molecule has 0 aromatic rings. The topological polar surface area (TPSA) is 30.5 Å². The summed E-state index contributed by atoms with van der Waals surface area (Å²) in [6.45, 7) is 12.7. The van der Waals surface area contributed by atoms with E-state index in [0.29, 0.717) is 0 Å². The van der Waals surface area contributed by atoms with E-state index in [9.17, 15) is 0 Å². The van der Waals surface area contributed by atoms with Crippen molar-refractivity contribution < 1.29 is 0 Å². The summed E-state index contributed by atoms with van der Waals surface area (Å²) in [4.78, 5) is 4.82. The Kier molecular flexibility index (Phi) is 6.41. The molecule has 4 heteroatoms. The molecule has 0 radical (unpaired) electrons. The van der Waals surface area contributed by atoms with Crippen molar-refractivity contribution in [2.75, 3.05) is 59.9 Å².